The number of nitrogens with zero attached hydrogens (tertiary/aromatic N) is 1. The molecule has 1 aromatic heterocycles. The highest BCUT2D eigenvalue weighted by Crippen LogP contribution is 2.28. The van der Waals surface area contributed by atoms with E-state index in [-0.39, 0.29) is 12.1 Å². The summed E-state index contributed by atoms with van der Waals surface area (Å²) in [7, 11) is 0. The lowest BCUT2D eigenvalue weighted by Gasteiger charge is -2.16. The molecule has 1 amide bonds. The molecule has 1 N–H and O–H groups in total. The molecule has 0 aliphatic carbocycles. The van der Waals surface area contributed by atoms with Crippen LogP contribution in [0, 0.1) is 0 Å². The fraction of sp³-hybridized carbons (Fsp3) is 0.158. The molecule has 0 aliphatic rings. The Kier molecular flexibility index (Phi) is 5.19. The fourth-order valence-corrected chi connectivity index (χ4v) is 3.19. The number of benzene rings is 2. The molecule has 3 aromatic rings. The summed E-state index contributed by atoms with van der Waals surface area (Å²) in [6.45, 7) is 0.110. The van der Waals surface area contributed by atoms with Gasteiger partial charge in [-0.15, -0.1) is 11.3 Å². The molecule has 1 heterocycles. The molecule has 0 spiro atoms. The SMILES string of the molecule is O=C(NCCc1csc(-c2ccccc2)n1)C(F)(F)c1ccccc1. The quantitative estimate of drug-likeness (QED) is 0.715. The van der Waals surface area contributed by atoms with E-state index in [9.17, 15) is 13.6 Å². The smallest absolute Gasteiger partial charge is 0.349 e. The third-order valence-electron chi connectivity index (χ3n) is 3.66. The Morgan fingerprint density at radius 1 is 1.04 bits per heavy atom. The fourth-order valence-electron chi connectivity index (χ4n) is 2.33. The molecule has 0 radical (unpaired) electrons. The largest absolute Gasteiger partial charge is 0.350 e. The lowest BCUT2D eigenvalue weighted by molar-refractivity contribution is -0.146. The first kappa shape index (κ1) is 17.2. The van der Waals surface area contributed by atoms with Crippen molar-refractivity contribution in [2.45, 2.75) is 12.3 Å². The molecule has 3 nitrogen and oxygen atoms in total. The van der Waals surface area contributed by atoms with Crippen LogP contribution < -0.4 is 5.32 Å². The predicted octanol–water partition coefficient (Wildman–Crippen LogP) is 4.26. The zero-order chi connectivity index (χ0) is 17.7. The Labute approximate surface area is 148 Å². The minimum Gasteiger partial charge on any atom is -0.350 e. The second-order valence-corrected chi connectivity index (χ2v) is 6.31. The van der Waals surface area contributed by atoms with Crippen molar-refractivity contribution in [3.63, 3.8) is 0 Å². The monoisotopic (exact) mass is 358 g/mol. The zero-order valence-electron chi connectivity index (χ0n) is 13.3. The van der Waals surface area contributed by atoms with E-state index in [0.29, 0.717) is 6.42 Å². The minimum absolute atomic E-state index is 0.110. The van der Waals surface area contributed by atoms with E-state index in [1.807, 2.05) is 35.7 Å². The topological polar surface area (TPSA) is 42.0 Å². The Bertz CT molecular complexity index is 835. The van der Waals surface area contributed by atoms with Crippen molar-refractivity contribution in [2.75, 3.05) is 6.54 Å². The number of halogens is 2. The number of thiazole rings is 1. The minimum atomic E-state index is -3.54. The number of hydrogen-bond donors (Lipinski definition) is 1. The molecule has 128 valence electrons. The Morgan fingerprint density at radius 2 is 1.68 bits per heavy atom. The summed E-state index contributed by atoms with van der Waals surface area (Å²) in [5, 5.41) is 5.05. The summed E-state index contributed by atoms with van der Waals surface area (Å²) in [5.74, 6) is -4.84. The van der Waals surface area contributed by atoms with E-state index >= 15 is 0 Å². The Morgan fingerprint density at radius 3 is 2.36 bits per heavy atom. The maximum Gasteiger partial charge on any atom is 0.349 e. The van der Waals surface area contributed by atoms with Gasteiger partial charge in [-0.05, 0) is 0 Å². The summed E-state index contributed by atoms with van der Waals surface area (Å²) >= 11 is 1.49. The van der Waals surface area contributed by atoms with Gasteiger partial charge in [0.25, 0.3) is 5.91 Å². The number of rotatable bonds is 6. The normalized spacial score (nSPS) is 11.3. The van der Waals surface area contributed by atoms with Gasteiger partial charge in [0.05, 0.1) is 5.69 Å². The van der Waals surface area contributed by atoms with Gasteiger partial charge in [-0.2, -0.15) is 8.78 Å². The van der Waals surface area contributed by atoms with Crippen molar-refractivity contribution in [3.05, 3.63) is 77.3 Å². The molecule has 6 heteroatoms. The summed E-state index contributed by atoms with van der Waals surface area (Å²) in [6.07, 6.45) is 0.403. The highest BCUT2D eigenvalue weighted by molar-refractivity contribution is 7.13. The van der Waals surface area contributed by atoms with Gasteiger partial charge in [0, 0.05) is 29.5 Å². The van der Waals surface area contributed by atoms with Gasteiger partial charge in [-0.3, -0.25) is 4.79 Å². The molecule has 2 aromatic carbocycles. The molecular weight excluding hydrogens is 342 g/mol. The predicted molar refractivity (Wildman–Crippen MR) is 94.6 cm³/mol. The summed E-state index contributed by atoms with van der Waals surface area (Å²) in [6, 6.07) is 16.8. The van der Waals surface area contributed by atoms with Crippen molar-refractivity contribution in [1.82, 2.24) is 10.3 Å². The molecule has 25 heavy (non-hydrogen) atoms. The van der Waals surface area contributed by atoms with Crippen LogP contribution in [0.4, 0.5) is 8.78 Å². The van der Waals surface area contributed by atoms with Crippen LogP contribution in [0.1, 0.15) is 11.3 Å². The van der Waals surface area contributed by atoms with Crippen molar-refractivity contribution in [1.29, 1.82) is 0 Å². The van der Waals surface area contributed by atoms with Crippen LogP contribution in [0.25, 0.3) is 10.6 Å². The number of carbonyl (C=O) groups excluding carboxylic acids is 1. The summed E-state index contributed by atoms with van der Waals surface area (Å²) in [4.78, 5) is 16.3. The third kappa shape index (κ3) is 4.09. The number of carbonyl (C=O) groups is 1. The van der Waals surface area contributed by atoms with E-state index in [1.54, 1.807) is 6.07 Å². The number of hydrogen-bond acceptors (Lipinski definition) is 3. The lowest BCUT2D eigenvalue weighted by atomic mass is 10.1. The van der Waals surface area contributed by atoms with Gasteiger partial charge in [0.2, 0.25) is 0 Å². The average molecular weight is 358 g/mol. The number of amides is 1. The first-order valence-electron chi connectivity index (χ1n) is 7.79. The van der Waals surface area contributed by atoms with Gasteiger partial charge >= 0.3 is 5.92 Å². The van der Waals surface area contributed by atoms with Crippen molar-refractivity contribution < 1.29 is 13.6 Å². The van der Waals surface area contributed by atoms with E-state index in [2.05, 4.69) is 10.3 Å². The molecule has 0 saturated carbocycles. The first-order chi connectivity index (χ1) is 12.1. The van der Waals surface area contributed by atoms with Crippen LogP contribution in [-0.4, -0.2) is 17.4 Å². The van der Waals surface area contributed by atoms with Crippen LogP contribution >= 0.6 is 11.3 Å². The third-order valence-corrected chi connectivity index (χ3v) is 4.60. The maximum atomic E-state index is 14.1. The van der Waals surface area contributed by atoms with Crippen LogP contribution in [0.3, 0.4) is 0 Å². The molecule has 0 saturated heterocycles. The highest BCUT2D eigenvalue weighted by atomic mass is 32.1. The Balaban J connectivity index is 1.56. The number of aromatic nitrogens is 1. The van der Waals surface area contributed by atoms with E-state index in [4.69, 9.17) is 0 Å². The number of alkyl halides is 2. The van der Waals surface area contributed by atoms with Crippen LogP contribution in [0.2, 0.25) is 0 Å². The van der Waals surface area contributed by atoms with Crippen molar-refractivity contribution in [2.24, 2.45) is 0 Å². The first-order valence-corrected chi connectivity index (χ1v) is 8.67. The van der Waals surface area contributed by atoms with Gasteiger partial charge in [-0.1, -0.05) is 60.7 Å². The van der Waals surface area contributed by atoms with Crippen LogP contribution in [0.5, 0.6) is 0 Å². The average Bonchev–Trinajstić information content (AvgIpc) is 3.12. The summed E-state index contributed by atoms with van der Waals surface area (Å²) < 4.78 is 28.2. The van der Waals surface area contributed by atoms with Crippen LogP contribution in [0.15, 0.2) is 66.0 Å². The van der Waals surface area contributed by atoms with Crippen molar-refractivity contribution in [3.8, 4) is 10.6 Å². The van der Waals surface area contributed by atoms with Gasteiger partial charge in [-0.25, -0.2) is 4.98 Å². The second kappa shape index (κ2) is 7.53. The molecule has 0 bridgehead atoms. The molecule has 3 rings (SSSR count). The van der Waals surface area contributed by atoms with E-state index < -0.39 is 11.8 Å². The molecular formula is C19H16F2N2OS. The van der Waals surface area contributed by atoms with Crippen molar-refractivity contribution >= 4 is 17.2 Å². The lowest BCUT2D eigenvalue weighted by Crippen LogP contribution is -2.39. The Hall–Kier alpha value is -2.60. The van der Waals surface area contributed by atoms with Gasteiger partial charge in [0.15, 0.2) is 0 Å². The second-order valence-electron chi connectivity index (χ2n) is 5.46. The van der Waals surface area contributed by atoms with Gasteiger partial charge in [0.1, 0.15) is 5.01 Å². The molecule has 0 unspecified atom stereocenters. The van der Waals surface area contributed by atoms with E-state index in [0.717, 1.165) is 16.3 Å². The van der Waals surface area contributed by atoms with Gasteiger partial charge < -0.3 is 5.32 Å². The maximum absolute atomic E-state index is 14.1. The number of nitrogens with one attached hydrogen (secondary N) is 1. The molecule has 0 aliphatic heterocycles. The molecule has 0 atom stereocenters. The van der Waals surface area contributed by atoms with E-state index in [1.165, 1.54) is 35.6 Å². The zero-order valence-corrected chi connectivity index (χ0v) is 14.1. The summed E-state index contributed by atoms with van der Waals surface area (Å²) in [5.41, 5.74) is 1.47. The van der Waals surface area contributed by atoms with Crippen LogP contribution in [-0.2, 0) is 17.1 Å². The standard InChI is InChI=1S/C19H16F2N2OS/c20-19(21,15-9-5-2-6-10-15)18(24)22-12-11-16-13-25-17(23-16)14-7-3-1-4-8-14/h1-10,13H,11-12H2,(H,22,24). The highest BCUT2D eigenvalue weighted by Gasteiger charge is 2.40. The molecule has 0 fully saturated rings.